The van der Waals surface area contributed by atoms with Gasteiger partial charge in [0.15, 0.2) is 0 Å². The lowest BCUT2D eigenvalue weighted by molar-refractivity contribution is -0.119. The average Bonchev–Trinajstić information content (AvgIpc) is 2.43. The third kappa shape index (κ3) is 4.69. The number of sulfonamides is 1. The number of primary sulfonamides is 1. The number of anilines is 1. The maximum atomic E-state index is 12.1. The summed E-state index contributed by atoms with van der Waals surface area (Å²) in [5, 5.41) is 7.73. The quantitative estimate of drug-likeness (QED) is 0.681. The summed E-state index contributed by atoms with van der Waals surface area (Å²) in [6.07, 6.45) is 1.48. The summed E-state index contributed by atoms with van der Waals surface area (Å²) in [5.41, 5.74) is 5.83. The summed E-state index contributed by atoms with van der Waals surface area (Å²) >= 11 is 0. The molecule has 21 heavy (non-hydrogen) atoms. The number of carbonyl (C=O) groups excluding carboxylic acids is 1. The Kier molecular flexibility index (Phi) is 6.13. The molecular weight excluding hydrogens is 294 g/mol. The number of benzene rings is 1. The Morgan fingerprint density at radius 3 is 2.57 bits per heavy atom. The van der Waals surface area contributed by atoms with E-state index in [1.807, 2.05) is 6.92 Å². The third-order valence-corrected chi connectivity index (χ3v) is 3.96. The Bertz CT molecular complexity index is 601. The molecule has 0 fully saturated rings. The molecule has 0 saturated heterocycles. The van der Waals surface area contributed by atoms with E-state index in [1.165, 1.54) is 25.3 Å². The van der Waals surface area contributed by atoms with E-state index in [0.29, 0.717) is 12.2 Å². The molecule has 0 aliphatic rings. The molecule has 1 aromatic rings. The molecule has 0 aliphatic heterocycles. The summed E-state index contributed by atoms with van der Waals surface area (Å²) < 4.78 is 27.8. The van der Waals surface area contributed by atoms with Crippen LogP contribution in [0.2, 0.25) is 0 Å². The molecule has 0 bridgehead atoms. The molecule has 1 amide bonds. The molecule has 1 unspecified atom stereocenters. The van der Waals surface area contributed by atoms with Gasteiger partial charge in [0.1, 0.15) is 5.75 Å². The van der Waals surface area contributed by atoms with Crippen LogP contribution in [0.3, 0.4) is 0 Å². The number of amides is 1. The molecule has 118 valence electrons. The molecule has 0 saturated carbocycles. The van der Waals surface area contributed by atoms with Gasteiger partial charge in [0.2, 0.25) is 15.9 Å². The first-order chi connectivity index (χ1) is 9.83. The monoisotopic (exact) mass is 315 g/mol. The van der Waals surface area contributed by atoms with Crippen LogP contribution >= 0.6 is 0 Å². The van der Waals surface area contributed by atoms with Gasteiger partial charge in [-0.3, -0.25) is 4.79 Å². The van der Waals surface area contributed by atoms with E-state index in [-0.39, 0.29) is 29.0 Å². The lowest BCUT2D eigenvalue weighted by atomic mass is 10.0. The Labute approximate surface area is 124 Å². The topological polar surface area (TPSA) is 125 Å². The van der Waals surface area contributed by atoms with E-state index < -0.39 is 10.0 Å². The second-order valence-electron chi connectivity index (χ2n) is 4.62. The van der Waals surface area contributed by atoms with E-state index in [1.54, 1.807) is 0 Å². The lowest BCUT2D eigenvalue weighted by Crippen LogP contribution is -2.29. The van der Waals surface area contributed by atoms with Gasteiger partial charge in [0.25, 0.3) is 0 Å². The van der Waals surface area contributed by atoms with E-state index in [0.717, 1.165) is 6.42 Å². The van der Waals surface area contributed by atoms with Crippen LogP contribution < -0.4 is 20.9 Å². The Morgan fingerprint density at radius 2 is 2.10 bits per heavy atom. The fourth-order valence-electron chi connectivity index (χ4n) is 1.90. The molecule has 7 nitrogen and oxygen atoms in total. The van der Waals surface area contributed by atoms with Crippen LogP contribution in [0, 0.1) is 5.92 Å². The second kappa shape index (κ2) is 7.39. The van der Waals surface area contributed by atoms with Crippen molar-refractivity contribution >= 4 is 21.6 Å². The smallest absolute Gasteiger partial charge is 0.238 e. The number of nitrogens with one attached hydrogen (secondary N) is 1. The van der Waals surface area contributed by atoms with Crippen LogP contribution in [0.15, 0.2) is 23.1 Å². The molecule has 1 atom stereocenters. The van der Waals surface area contributed by atoms with Gasteiger partial charge in [-0.15, -0.1) is 0 Å². The van der Waals surface area contributed by atoms with Crippen LogP contribution in [0.5, 0.6) is 5.75 Å². The second-order valence-corrected chi connectivity index (χ2v) is 6.18. The molecule has 8 heteroatoms. The van der Waals surface area contributed by atoms with Crippen molar-refractivity contribution < 1.29 is 17.9 Å². The van der Waals surface area contributed by atoms with Crippen LogP contribution in [-0.2, 0) is 14.8 Å². The minimum absolute atomic E-state index is 0.0987. The fraction of sp³-hybridized carbons (Fsp3) is 0.462. The highest BCUT2D eigenvalue weighted by Crippen LogP contribution is 2.27. The average molecular weight is 315 g/mol. The molecule has 1 aromatic carbocycles. The van der Waals surface area contributed by atoms with Crippen molar-refractivity contribution in [3.05, 3.63) is 18.2 Å². The molecule has 0 aromatic heterocycles. The number of hydrogen-bond acceptors (Lipinski definition) is 5. The Morgan fingerprint density at radius 1 is 1.43 bits per heavy atom. The predicted octanol–water partition coefficient (Wildman–Crippen LogP) is 0.656. The first kappa shape index (κ1) is 17.4. The van der Waals surface area contributed by atoms with Crippen LogP contribution in [0.4, 0.5) is 5.69 Å². The van der Waals surface area contributed by atoms with Gasteiger partial charge in [0, 0.05) is 6.54 Å². The fourth-order valence-corrected chi connectivity index (χ4v) is 2.44. The van der Waals surface area contributed by atoms with Gasteiger partial charge < -0.3 is 15.8 Å². The molecule has 5 N–H and O–H groups in total. The molecule has 0 heterocycles. The zero-order valence-corrected chi connectivity index (χ0v) is 12.9. The summed E-state index contributed by atoms with van der Waals surface area (Å²) in [7, 11) is -2.43. The largest absolute Gasteiger partial charge is 0.495 e. The zero-order valence-electron chi connectivity index (χ0n) is 12.1. The Hall–Kier alpha value is -1.64. The highest BCUT2D eigenvalue weighted by molar-refractivity contribution is 7.89. The summed E-state index contributed by atoms with van der Waals surface area (Å²) in [5.74, 6) is -0.259. The summed E-state index contributed by atoms with van der Waals surface area (Å²) in [4.78, 5) is 12.0. The van der Waals surface area contributed by atoms with Crippen molar-refractivity contribution in [3.63, 3.8) is 0 Å². The normalized spacial score (nSPS) is 12.8. The van der Waals surface area contributed by atoms with E-state index in [9.17, 15) is 13.2 Å². The lowest BCUT2D eigenvalue weighted by Gasteiger charge is -2.16. The van der Waals surface area contributed by atoms with Gasteiger partial charge in [-0.1, -0.05) is 13.3 Å². The van der Waals surface area contributed by atoms with Crippen LogP contribution in [-0.4, -0.2) is 28.0 Å². The van der Waals surface area contributed by atoms with Crippen molar-refractivity contribution in [2.24, 2.45) is 16.8 Å². The van der Waals surface area contributed by atoms with Gasteiger partial charge in [0.05, 0.1) is 23.6 Å². The first-order valence-corrected chi connectivity index (χ1v) is 8.09. The minimum Gasteiger partial charge on any atom is -0.495 e. The van der Waals surface area contributed by atoms with Gasteiger partial charge >= 0.3 is 0 Å². The Balaban J connectivity index is 3.08. The van der Waals surface area contributed by atoms with Crippen LogP contribution in [0.25, 0.3) is 0 Å². The van der Waals surface area contributed by atoms with Gasteiger partial charge in [-0.25, -0.2) is 13.6 Å². The standard InChI is InChI=1S/C13H21N3O4S/c1-3-4-9(8-14)13(17)16-11-7-10(21(15,18)19)5-6-12(11)20-2/h5-7,9H,3-4,8,14H2,1-2H3,(H,16,17)(H2,15,18,19). The highest BCUT2D eigenvalue weighted by Gasteiger charge is 2.19. The first-order valence-electron chi connectivity index (χ1n) is 6.55. The van der Waals surface area contributed by atoms with Gasteiger partial charge in [-0.2, -0.15) is 0 Å². The van der Waals surface area contributed by atoms with Crippen molar-refractivity contribution in [3.8, 4) is 5.75 Å². The van der Waals surface area contributed by atoms with Crippen molar-refractivity contribution in [2.75, 3.05) is 19.0 Å². The maximum Gasteiger partial charge on any atom is 0.238 e. The number of nitrogens with two attached hydrogens (primary N) is 2. The number of hydrogen-bond donors (Lipinski definition) is 3. The number of rotatable bonds is 7. The third-order valence-electron chi connectivity index (χ3n) is 3.05. The number of carbonyl (C=O) groups is 1. The minimum atomic E-state index is -3.85. The van der Waals surface area contributed by atoms with Gasteiger partial charge in [-0.05, 0) is 24.6 Å². The number of methoxy groups -OCH3 is 1. The highest BCUT2D eigenvalue weighted by atomic mass is 32.2. The zero-order chi connectivity index (χ0) is 16.0. The summed E-state index contributed by atoms with van der Waals surface area (Å²) in [6, 6.07) is 4.02. The van der Waals surface area contributed by atoms with Crippen molar-refractivity contribution in [2.45, 2.75) is 24.7 Å². The molecule has 1 rings (SSSR count). The molecule has 0 aliphatic carbocycles. The van der Waals surface area contributed by atoms with E-state index in [2.05, 4.69) is 5.32 Å². The van der Waals surface area contributed by atoms with E-state index in [4.69, 9.17) is 15.6 Å². The summed E-state index contributed by atoms with van der Waals surface area (Å²) in [6.45, 7) is 2.18. The predicted molar refractivity (Wildman–Crippen MR) is 80.4 cm³/mol. The van der Waals surface area contributed by atoms with Crippen molar-refractivity contribution in [1.82, 2.24) is 0 Å². The molecule has 0 radical (unpaired) electrons. The van der Waals surface area contributed by atoms with Crippen LogP contribution in [0.1, 0.15) is 19.8 Å². The van der Waals surface area contributed by atoms with Crippen molar-refractivity contribution in [1.29, 1.82) is 0 Å². The molecular formula is C13H21N3O4S. The maximum absolute atomic E-state index is 12.1. The SMILES string of the molecule is CCCC(CN)C(=O)Nc1cc(S(N)(=O)=O)ccc1OC. The number of ether oxygens (including phenoxy) is 1. The van der Waals surface area contributed by atoms with E-state index >= 15 is 0 Å². The molecule has 0 spiro atoms.